The highest BCUT2D eigenvalue weighted by molar-refractivity contribution is 9.10. The van der Waals surface area contributed by atoms with Gasteiger partial charge in [-0.1, -0.05) is 19.6 Å². The maximum Gasteiger partial charge on any atom is 0.160 e. The molecule has 2 aromatic rings. The molecule has 0 aromatic carbocycles. The lowest BCUT2D eigenvalue weighted by atomic mass is 10.4. The van der Waals surface area contributed by atoms with Crippen LogP contribution in [0.5, 0.6) is 0 Å². The number of halogens is 1. The molecule has 0 spiro atoms. The van der Waals surface area contributed by atoms with Gasteiger partial charge < -0.3 is 14.4 Å². The number of fused-ring (bicyclic) bond motifs is 1. The summed E-state index contributed by atoms with van der Waals surface area (Å²) in [6, 6.07) is 2.97. The Morgan fingerprint density at radius 1 is 1.40 bits per heavy atom. The number of nitrogens with zero attached hydrogens (tertiary/aromatic N) is 3. The molecule has 2 heterocycles. The van der Waals surface area contributed by atoms with Crippen molar-refractivity contribution in [1.29, 1.82) is 0 Å². The van der Waals surface area contributed by atoms with Crippen molar-refractivity contribution in [3.8, 4) is 0 Å². The summed E-state index contributed by atoms with van der Waals surface area (Å²) in [5, 5.41) is 9.44. The minimum Gasteiger partial charge on any atom is -0.390 e. The average molecular weight is 358 g/mol. The standard InChI is InChI=1S/C13H20BrN3O2Si/c1-20(2,3)5-4-19-9-17-10(8-18)6-11-13(17)15-7-12(14)16-11/h6-7,18H,4-5,8-9H2,1-3H3. The van der Waals surface area contributed by atoms with E-state index in [-0.39, 0.29) is 6.61 Å². The molecule has 110 valence electrons. The molecule has 2 rings (SSSR count). The first-order valence-corrected chi connectivity index (χ1v) is 11.1. The van der Waals surface area contributed by atoms with Crippen molar-refractivity contribution in [3.05, 3.63) is 22.6 Å². The van der Waals surface area contributed by atoms with Gasteiger partial charge in [-0.3, -0.25) is 0 Å². The lowest BCUT2D eigenvalue weighted by Gasteiger charge is -2.16. The van der Waals surface area contributed by atoms with Crippen LogP contribution < -0.4 is 0 Å². The number of aliphatic hydroxyl groups is 1. The van der Waals surface area contributed by atoms with Crippen molar-refractivity contribution < 1.29 is 9.84 Å². The smallest absolute Gasteiger partial charge is 0.160 e. The molecule has 7 heteroatoms. The van der Waals surface area contributed by atoms with Gasteiger partial charge in [0.15, 0.2) is 5.65 Å². The molecule has 2 aromatic heterocycles. The molecular formula is C13H20BrN3O2Si. The Balaban J connectivity index is 2.12. The monoisotopic (exact) mass is 357 g/mol. The summed E-state index contributed by atoms with van der Waals surface area (Å²) in [7, 11) is -1.08. The zero-order valence-electron chi connectivity index (χ0n) is 12.1. The van der Waals surface area contributed by atoms with Crippen LogP contribution in [0.25, 0.3) is 11.2 Å². The van der Waals surface area contributed by atoms with Crippen LogP contribution in [0, 0.1) is 0 Å². The van der Waals surface area contributed by atoms with E-state index in [0.29, 0.717) is 11.3 Å². The van der Waals surface area contributed by atoms with Gasteiger partial charge in [-0.25, -0.2) is 9.97 Å². The molecule has 20 heavy (non-hydrogen) atoms. The summed E-state index contributed by atoms with van der Waals surface area (Å²) in [6.07, 6.45) is 1.65. The fourth-order valence-corrected chi connectivity index (χ4v) is 2.91. The van der Waals surface area contributed by atoms with E-state index in [1.807, 2.05) is 10.6 Å². The number of rotatable bonds is 6. The molecule has 1 N–H and O–H groups in total. The van der Waals surface area contributed by atoms with Crippen LogP contribution in [0.2, 0.25) is 25.7 Å². The van der Waals surface area contributed by atoms with Crippen molar-refractivity contribution >= 4 is 35.2 Å². The van der Waals surface area contributed by atoms with Gasteiger partial charge in [0.2, 0.25) is 0 Å². The van der Waals surface area contributed by atoms with Crippen LogP contribution in [-0.4, -0.2) is 34.3 Å². The Morgan fingerprint density at radius 3 is 2.80 bits per heavy atom. The highest BCUT2D eigenvalue weighted by Crippen LogP contribution is 2.19. The third-order valence-electron chi connectivity index (χ3n) is 3.03. The highest BCUT2D eigenvalue weighted by Gasteiger charge is 2.14. The minimum absolute atomic E-state index is 0.0486. The lowest BCUT2D eigenvalue weighted by Crippen LogP contribution is -2.22. The summed E-state index contributed by atoms with van der Waals surface area (Å²) in [6.45, 7) is 8.06. The molecule has 0 amide bonds. The van der Waals surface area contributed by atoms with Gasteiger partial charge >= 0.3 is 0 Å². The number of hydrogen-bond donors (Lipinski definition) is 1. The van der Waals surface area contributed by atoms with E-state index in [1.165, 1.54) is 0 Å². The molecule has 0 bridgehead atoms. The molecule has 0 aliphatic rings. The fraction of sp³-hybridized carbons (Fsp3) is 0.538. The quantitative estimate of drug-likeness (QED) is 0.637. The van der Waals surface area contributed by atoms with Crippen molar-refractivity contribution in [3.63, 3.8) is 0 Å². The Bertz CT molecular complexity index is 595. The molecular weight excluding hydrogens is 338 g/mol. The van der Waals surface area contributed by atoms with Gasteiger partial charge in [0.1, 0.15) is 16.9 Å². The zero-order valence-corrected chi connectivity index (χ0v) is 14.6. The minimum atomic E-state index is -1.08. The van der Waals surface area contributed by atoms with E-state index in [0.717, 1.165) is 29.5 Å². The summed E-state index contributed by atoms with van der Waals surface area (Å²) < 4.78 is 8.30. The molecule has 0 saturated carbocycles. The summed E-state index contributed by atoms with van der Waals surface area (Å²) in [5.74, 6) is 0. The largest absolute Gasteiger partial charge is 0.390 e. The van der Waals surface area contributed by atoms with Crippen LogP contribution in [0.4, 0.5) is 0 Å². The maximum absolute atomic E-state index is 9.44. The Hall–Kier alpha value is -0.763. The van der Waals surface area contributed by atoms with Gasteiger partial charge in [-0.05, 0) is 28.0 Å². The number of hydrogen-bond acceptors (Lipinski definition) is 4. The number of aliphatic hydroxyl groups excluding tert-OH is 1. The van der Waals surface area contributed by atoms with Crippen LogP contribution in [0.15, 0.2) is 16.9 Å². The first kappa shape index (κ1) is 15.6. The Morgan fingerprint density at radius 2 is 2.15 bits per heavy atom. The average Bonchev–Trinajstić information content (AvgIpc) is 2.70. The molecule has 0 unspecified atom stereocenters. The third kappa shape index (κ3) is 3.88. The van der Waals surface area contributed by atoms with E-state index < -0.39 is 8.07 Å². The van der Waals surface area contributed by atoms with Gasteiger partial charge in [0.05, 0.1) is 12.8 Å². The second-order valence-electron chi connectivity index (χ2n) is 5.97. The van der Waals surface area contributed by atoms with E-state index in [4.69, 9.17) is 4.74 Å². The maximum atomic E-state index is 9.44. The summed E-state index contributed by atoms with van der Waals surface area (Å²) in [5.41, 5.74) is 2.27. The first-order chi connectivity index (χ1) is 9.40. The molecule has 0 radical (unpaired) electrons. The topological polar surface area (TPSA) is 60.2 Å². The Labute approximate surface area is 128 Å². The second kappa shape index (κ2) is 6.34. The van der Waals surface area contributed by atoms with Crippen LogP contribution in [0.1, 0.15) is 5.69 Å². The first-order valence-electron chi connectivity index (χ1n) is 6.60. The van der Waals surface area contributed by atoms with Gasteiger partial charge in [-0.2, -0.15) is 0 Å². The fourth-order valence-electron chi connectivity index (χ4n) is 1.86. The van der Waals surface area contributed by atoms with E-state index in [9.17, 15) is 5.11 Å². The van der Waals surface area contributed by atoms with E-state index in [2.05, 4.69) is 45.5 Å². The molecule has 0 saturated heterocycles. The summed E-state index contributed by atoms with van der Waals surface area (Å²) >= 11 is 3.30. The predicted octanol–water partition coefficient (Wildman–Crippen LogP) is 3.00. The van der Waals surface area contributed by atoms with Crippen LogP contribution >= 0.6 is 15.9 Å². The number of ether oxygens (including phenoxy) is 1. The lowest BCUT2D eigenvalue weighted by molar-refractivity contribution is 0.0850. The molecule has 0 fully saturated rings. The van der Waals surface area contributed by atoms with E-state index in [1.54, 1.807) is 6.20 Å². The van der Waals surface area contributed by atoms with E-state index >= 15 is 0 Å². The Kier molecular flexibility index (Phi) is 4.95. The van der Waals surface area contributed by atoms with Crippen LogP contribution in [-0.2, 0) is 18.1 Å². The number of aromatic nitrogens is 3. The van der Waals surface area contributed by atoms with Gasteiger partial charge in [0.25, 0.3) is 0 Å². The van der Waals surface area contributed by atoms with Gasteiger partial charge in [-0.15, -0.1) is 0 Å². The second-order valence-corrected chi connectivity index (χ2v) is 12.4. The third-order valence-corrected chi connectivity index (χ3v) is 5.12. The van der Waals surface area contributed by atoms with Gasteiger partial charge in [0, 0.05) is 20.4 Å². The van der Waals surface area contributed by atoms with Crippen molar-refractivity contribution in [2.45, 2.75) is 39.0 Å². The van der Waals surface area contributed by atoms with Crippen molar-refractivity contribution in [2.75, 3.05) is 6.61 Å². The van der Waals surface area contributed by atoms with Crippen molar-refractivity contribution in [1.82, 2.24) is 14.5 Å². The predicted molar refractivity (Wildman–Crippen MR) is 85.3 cm³/mol. The molecule has 0 aliphatic carbocycles. The molecule has 0 atom stereocenters. The van der Waals surface area contributed by atoms with Crippen LogP contribution in [0.3, 0.4) is 0 Å². The highest BCUT2D eigenvalue weighted by atomic mass is 79.9. The zero-order chi connectivity index (χ0) is 14.8. The normalized spacial score (nSPS) is 12.2. The molecule has 0 aliphatic heterocycles. The van der Waals surface area contributed by atoms with Crippen molar-refractivity contribution in [2.24, 2.45) is 0 Å². The summed E-state index contributed by atoms with van der Waals surface area (Å²) in [4.78, 5) is 8.69. The molecule has 5 nitrogen and oxygen atoms in total. The SMILES string of the molecule is C[Si](C)(C)CCOCn1c(CO)cc2nc(Br)cnc21.